The number of fused-ring (bicyclic) bond motifs is 1. The molecule has 0 atom stereocenters. The summed E-state index contributed by atoms with van der Waals surface area (Å²) in [4.78, 5) is 31.5. The van der Waals surface area contributed by atoms with Crippen molar-refractivity contribution in [3.05, 3.63) is 77.3 Å². The number of hydrogen-bond acceptors (Lipinski definition) is 7. The number of carbonyl (C=O) groups is 1. The maximum Gasteiger partial charge on any atom is 0.258 e. The maximum atomic E-state index is 13.4. The van der Waals surface area contributed by atoms with Crippen LogP contribution in [0.25, 0.3) is 28.1 Å². The number of carbonyl (C=O) groups excluding carboxylic acids is 1. The molecule has 1 amide bonds. The van der Waals surface area contributed by atoms with E-state index in [1.54, 1.807) is 23.3 Å². The smallest absolute Gasteiger partial charge is 0.258 e. The molecule has 1 aliphatic rings. The van der Waals surface area contributed by atoms with Gasteiger partial charge < -0.3 is 0 Å². The van der Waals surface area contributed by atoms with Crippen LogP contribution >= 0.6 is 11.3 Å². The third-order valence-corrected chi connectivity index (χ3v) is 6.38. The van der Waals surface area contributed by atoms with Crippen molar-refractivity contribution in [3.8, 4) is 17.1 Å². The van der Waals surface area contributed by atoms with E-state index < -0.39 is 0 Å². The Kier molecular flexibility index (Phi) is 4.69. The molecule has 5 aromatic rings. The van der Waals surface area contributed by atoms with Crippen molar-refractivity contribution in [1.82, 2.24) is 29.7 Å². The number of aromatic nitrogens is 6. The molecule has 0 unspecified atom stereocenters. The van der Waals surface area contributed by atoms with Crippen LogP contribution in [0.4, 0.5) is 5.13 Å². The Morgan fingerprint density at radius 3 is 2.82 bits per heavy atom. The lowest BCUT2D eigenvalue weighted by Gasteiger charge is -2.08. The molecule has 1 aliphatic carbocycles. The minimum Gasteiger partial charge on any atom is -0.298 e. The van der Waals surface area contributed by atoms with Gasteiger partial charge in [-0.25, -0.2) is 15.0 Å². The summed E-state index contributed by atoms with van der Waals surface area (Å²) < 4.78 is 1.72. The van der Waals surface area contributed by atoms with Crippen LogP contribution < -0.4 is 5.32 Å². The van der Waals surface area contributed by atoms with Crippen LogP contribution in [0.3, 0.4) is 0 Å². The number of pyridine rings is 3. The predicted octanol–water partition coefficient (Wildman–Crippen LogP) is 4.77. The van der Waals surface area contributed by atoms with Crippen LogP contribution in [-0.2, 0) is 0 Å². The topological polar surface area (TPSA) is 98.5 Å². The Balaban J connectivity index is 1.41. The molecule has 0 aromatic carbocycles. The molecule has 1 fully saturated rings. The van der Waals surface area contributed by atoms with E-state index >= 15 is 0 Å². The summed E-state index contributed by atoms with van der Waals surface area (Å²) in [6, 6.07) is 11.4. The first-order valence-corrected chi connectivity index (χ1v) is 11.5. The first-order chi connectivity index (χ1) is 16.2. The normalized spacial score (nSPS) is 13.4. The summed E-state index contributed by atoms with van der Waals surface area (Å²) in [5, 5.41) is 10.8. The van der Waals surface area contributed by atoms with Gasteiger partial charge in [0.05, 0.1) is 22.3 Å². The number of amides is 1. The average molecular weight is 454 g/mol. The van der Waals surface area contributed by atoms with Crippen molar-refractivity contribution < 1.29 is 4.79 Å². The van der Waals surface area contributed by atoms with Gasteiger partial charge in [0.15, 0.2) is 16.6 Å². The summed E-state index contributed by atoms with van der Waals surface area (Å²) in [5.41, 5.74) is 4.53. The number of thiazole rings is 1. The summed E-state index contributed by atoms with van der Waals surface area (Å²) in [6.45, 7) is 1.89. The molecule has 0 radical (unpaired) electrons. The lowest BCUT2D eigenvalue weighted by molar-refractivity contribution is 0.102. The minimum absolute atomic E-state index is 0.222. The summed E-state index contributed by atoms with van der Waals surface area (Å²) in [5.74, 6) is 0.828. The molecular weight excluding hydrogens is 434 g/mol. The van der Waals surface area contributed by atoms with Crippen molar-refractivity contribution in [3.63, 3.8) is 0 Å². The molecule has 1 saturated carbocycles. The zero-order valence-corrected chi connectivity index (χ0v) is 18.6. The van der Waals surface area contributed by atoms with E-state index in [1.165, 1.54) is 11.3 Å². The Morgan fingerprint density at radius 1 is 1.15 bits per heavy atom. The Morgan fingerprint density at radius 2 is 2.06 bits per heavy atom. The SMILES string of the molecule is Cc1nn(-c2ccccn2)c2nc(C3CC3)cc(C(=O)Nc3nc(-c4cccnc4)cs3)c12. The first kappa shape index (κ1) is 19.7. The van der Waals surface area contributed by atoms with Crippen molar-refractivity contribution in [2.45, 2.75) is 25.7 Å². The van der Waals surface area contributed by atoms with Crippen molar-refractivity contribution in [2.75, 3.05) is 5.32 Å². The zero-order valence-electron chi connectivity index (χ0n) is 17.8. The lowest BCUT2D eigenvalue weighted by atomic mass is 10.1. The fourth-order valence-electron chi connectivity index (χ4n) is 3.86. The fourth-order valence-corrected chi connectivity index (χ4v) is 4.57. The van der Waals surface area contributed by atoms with Crippen LogP contribution in [0.2, 0.25) is 0 Å². The average Bonchev–Trinajstić information content (AvgIpc) is 3.52. The summed E-state index contributed by atoms with van der Waals surface area (Å²) in [7, 11) is 0. The third-order valence-electron chi connectivity index (χ3n) is 5.62. The molecule has 0 spiro atoms. The van der Waals surface area contributed by atoms with Crippen LogP contribution in [0.1, 0.15) is 40.5 Å². The van der Waals surface area contributed by atoms with Crippen LogP contribution in [0, 0.1) is 6.92 Å². The lowest BCUT2D eigenvalue weighted by Crippen LogP contribution is -2.13. The molecule has 162 valence electrons. The van der Waals surface area contributed by atoms with Crippen molar-refractivity contribution in [1.29, 1.82) is 0 Å². The molecule has 1 N–H and O–H groups in total. The molecule has 0 saturated heterocycles. The van der Waals surface area contributed by atoms with E-state index in [4.69, 9.17) is 4.98 Å². The molecular formula is C24H19N7OS. The van der Waals surface area contributed by atoms with E-state index in [-0.39, 0.29) is 5.91 Å². The predicted molar refractivity (Wildman–Crippen MR) is 127 cm³/mol. The fraction of sp³-hybridized carbons (Fsp3) is 0.167. The zero-order chi connectivity index (χ0) is 22.4. The standard InChI is InChI=1S/C24H19N7OS/c1-14-21-17(23(32)29-24-28-19(13-33-24)16-5-4-9-25-12-16)11-18(15-7-8-15)27-22(21)31(30-14)20-6-2-3-10-26-20/h2-6,9-13,15H,7-8H2,1H3,(H,28,29,32). The van der Waals surface area contributed by atoms with Gasteiger partial charge in [-0.3, -0.25) is 15.1 Å². The molecule has 0 aliphatic heterocycles. The van der Waals surface area contributed by atoms with Gasteiger partial charge in [-0.05, 0) is 50.1 Å². The summed E-state index contributed by atoms with van der Waals surface area (Å²) >= 11 is 1.38. The molecule has 0 bridgehead atoms. The van der Waals surface area contributed by atoms with Crippen molar-refractivity contribution >= 4 is 33.4 Å². The van der Waals surface area contributed by atoms with Crippen LogP contribution in [0.5, 0.6) is 0 Å². The second-order valence-corrected chi connectivity index (χ2v) is 8.84. The van der Waals surface area contributed by atoms with Gasteiger partial charge in [-0.15, -0.1) is 11.3 Å². The quantitative estimate of drug-likeness (QED) is 0.411. The van der Waals surface area contributed by atoms with Gasteiger partial charge in [0.2, 0.25) is 0 Å². The number of nitrogens with zero attached hydrogens (tertiary/aromatic N) is 6. The molecule has 6 rings (SSSR count). The molecule has 33 heavy (non-hydrogen) atoms. The van der Waals surface area contributed by atoms with E-state index in [2.05, 4.69) is 25.4 Å². The summed E-state index contributed by atoms with van der Waals surface area (Å²) in [6.07, 6.45) is 7.36. The number of rotatable bonds is 5. The molecule has 5 aromatic heterocycles. The van der Waals surface area contributed by atoms with Gasteiger partial charge in [-0.2, -0.15) is 9.78 Å². The van der Waals surface area contributed by atoms with Crippen LogP contribution in [-0.4, -0.2) is 35.6 Å². The Bertz CT molecular complexity index is 1470. The first-order valence-electron chi connectivity index (χ1n) is 10.7. The van der Waals surface area contributed by atoms with Crippen molar-refractivity contribution in [2.24, 2.45) is 0 Å². The largest absolute Gasteiger partial charge is 0.298 e. The maximum absolute atomic E-state index is 13.4. The highest BCUT2D eigenvalue weighted by molar-refractivity contribution is 7.14. The second-order valence-electron chi connectivity index (χ2n) is 7.99. The highest BCUT2D eigenvalue weighted by atomic mass is 32.1. The van der Waals surface area contributed by atoms with Gasteiger partial charge in [-0.1, -0.05) is 6.07 Å². The highest BCUT2D eigenvalue weighted by Gasteiger charge is 2.29. The number of nitrogens with one attached hydrogen (secondary N) is 1. The number of aryl methyl sites for hydroxylation is 1. The van der Waals surface area contributed by atoms with Gasteiger partial charge >= 0.3 is 0 Å². The second kappa shape index (κ2) is 7.86. The molecule has 5 heterocycles. The van der Waals surface area contributed by atoms with Crippen LogP contribution in [0.15, 0.2) is 60.4 Å². The minimum atomic E-state index is -0.222. The van der Waals surface area contributed by atoms with Gasteiger partial charge in [0, 0.05) is 41.1 Å². The third kappa shape index (κ3) is 3.66. The number of hydrogen-bond donors (Lipinski definition) is 1. The van der Waals surface area contributed by atoms with E-state index in [9.17, 15) is 4.79 Å². The van der Waals surface area contributed by atoms with E-state index in [1.807, 2.05) is 48.7 Å². The Labute approximate surface area is 193 Å². The number of anilines is 1. The van der Waals surface area contributed by atoms with Gasteiger partial charge in [0.25, 0.3) is 5.91 Å². The molecule has 8 nitrogen and oxygen atoms in total. The highest BCUT2D eigenvalue weighted by Crippen LogP contribution is 2.41. The molecule has 9 heteroatoms. The van der Waals surface area contributed by atoms with E-state index in [0.29, 0.717) is 28.1 Å². The Hall–Kier alpha value is -3.98. The van der Waals surface area contributed by atoms with Gasteiger partial charge in [0.1, 0.15) is 0 Å². The van der Waals surface area contributed by atoms with E-state index in [0.717, 1.165) is 40.9 Å². The monoisotopic (exact) mass is 453 g/mol.